The minimum atomic E-state index is 0.714. The normalized spacial score (nSPS) is 20.0. The molecule has 0 amide bonds. The van der Waals surface area contributed by atoms with Crippen molar-refractivity contribution in [3.63, 3.8) is 0 Å². The Morgan fingerprint density at radius 3 is 2.84 bits per heavy atom. The summed E-state index contributed by atoms with van der Waals surface area (Å²) >= 11 is 2.06. The van der Waals surface area contributed by atoms with Crippen molar-refractivity contribution in [1.82, 2.24) is 10.6 Å². The predicted molar refractivity (Wildman–Crippen MR) is 85.1 cm³/mol. The number of hydrogen-bond acceptors (Lipinski definition) is 3. The molecule has 1 fully saturated rings. The molecule has 0 saturated carbocycles. The van der Waals surface area contributed by atoms with E-state index in [2.05, 4.69) is 41.2 Å². The Morgan fingerprint density at radius 2 is 2.21 bits per heavy atom. The highest BCUT2D eigenvalue weighted by Crippen LogP contribution is 2.25. The zero-order chi connectivity index (χ0) is 13.9. The van der Waals surface area contributed by atoms with Crippen molar-refractivity contribution in [1.29, 1.82) is 0 Å². The van der Waals surface area contributed by atoms with Crippen LogP contribution in [0, 0.1) is 5.92 Å². The van der Waals surface area contributed by atoms with Gasteiger partial charge in [-0.05, 0) is 30.9 Å². The van der Waals surface area contributed by atoms with Crippen LogP contribution in [0.3, 0.4) is 0 Å². The molecule has 5 heteroatoms. The first-order chi connectivity index (χ1) is 9.22. The van der Waals surface area contributed by atoms with Crippen molar-refractivity contribution in [3.05, 3.63) is 0 Å². The monoisotopic (exact) mass is 287 g/mol. The number of ether oxygens (including phenoxy) is 1. The van der Waals surface area contributed by atoms with Gasteiger partial charge in [-0.1, -0.05) is 13.8 Å². The summed E-state index contributed by atoms with van der Waals surface area (Å²) < 4.78 is 5.57. The molecule has 1 aliphatic heterocycles. The largest absolute Gasteiger partial charge is 0.380 e. The van der Waals surface area contributed by atoms with Crippen LogP contribution in [0.15, 0.2) is 4.99 Å². The first kappa shape index (κ1) is 16.6. The van der Waals surface area contributed by atoms with E-state index in [0.29, 0.717) is 5.92 Å². The Balaban J connectivity index is 1.99. The maximum atomic E-state index is 5.57. The van der Waals surface area contributed by atoms with Crippen LogP contribution in [0.5, 0.6) is 0 Å². The number of guanidine groups is 1. The third-order valence-electron chi connectivity index (χ3n) is 3.12. The average molecular weight is 287 g/mol. The molecule has 0 aromatic carbocycles. The minimum absolute atomic E-state index is 0.714. The second kappa shape index (κ2) is 10.4. The summed E-state index contributed by atoms with van der Waals surface area (Å²) in [4.78, 5) is 4.22. The van der Waals surface area contributed by atoms with E-state index in [-0.39, 0.29) is 0 Å². The molecule has 1 rings (SSSR count). The average Bonchev–Trinajstić information content (AvgIpc) is 2.90. The summed E-state index contributed by atoms with van der Waals surface area (Å²) in [6.45, 7) is 7.85. The van der Waals surface area contributed by atoms with Gasteiger partial charge in [0.25, 0.3) is 0 Å². The van der Waals surface area contributed by atoms with Gasteiger partial charge in [-0.15, -0.1) is 0 Å². The zero-order valence-electron chi connectivity index (χ0n) is 12.6. The summed E-state index contributed by atoms with van der Waals surface area (Å²) in [6, 6.07) is 0. The summed E-state index contributed by atoms with van der Waals surface area (Å²) in [5.74, 6) is 2.91. The van der Waals surface area contributed by atoms with Crippen LogP contribution in [0.2, 0.25) is 0 Å². The van der Waals surface area contributed by atoms with E-state index in [1.807, 2.05) is 7.05 Å². The van der Waals surface area contributed by atoms with Crippen LogP contribution < -0.4 is 10.6 Å². The van der Waals surface area contributed by atoms with E-state index in [4.69, 9.17) is 4.74 Å². The van der Waals surface area contributed by atoms with E-state index in [1.165, 1.54) is 18.6 Å². The Bertz CT molecular complexity index is 253. The molecule has 1 atom stereocenters. The van der Waals surface area contributed by atoms with Gasteiger partial charge in [0.1, 0.15) is 0 Å². The molecule has 2 N–H and O–H groups in total. The van der Waals surface area contributed by atoms with Gasteiger partial charge in [-0.3, -0.25) is 4.99 Å². The highest BCUT2D eigenvalue weighted by molar-refractivity contribution is 8.00. The number of rotatable bonds is 8. The fraction of sp³-hybridized carbons (Fsp3) is 0.929. The molecule has 0 bridgehead atoms. The molecule has 0 aliphatic carbocycles. The molecule has 0 radical (unpaired) electrons. The molecule has 0 aromatic rings. The topological polar surface area (TPSA) is 45.7 Å². The Kier molecular flexibility index (Phi) is 9.08. The van der Waals surface area contributed by atoms with Crippen LogP contribution >= 0.6 is 11.8 Å². The predicted octanol–water partition coefficient (Wildman–Crippen LogP) is 2.11. The first-order valence-corrected chi connectivity index (χ1v) is 8.41. The molecule has 4 nitrogen and oxygen atoms in total. The van der Waals surface area contributed by atoms with Gasteiger partial charge in [0.05, 0.1) is 6.61 Å². The summed E-state index contributed by atoms with van der Waals surface area (Å²) in [5, 5.41) is 7.42. The van der Waals surface area contributed by atoms with Gasteiger partial charge in [-0.25, -0.2) is 0 Å². The molecule has 1 unspecified atom stereocenters. The lowest BCUT2D eigenvalue weighted by Crippen LogP contribution is -2.41. The fourth-order valence-electron chi connectivity index (χ4n) is 1.90. The van der Waals surface area contributed by atoms with Crippen LogP contribution in [0.1, 0.15) is 33.1 Å². The second-order valence-electron chi connectivity index (χ2n) is 5.31. The molecule has 1 heterocycles. The molecule has 0 aromatic heterocycles. The lowest BCUT2D eigenvalue weighted by molar-refractivity contribution is 0.128. The molecule has 0 spiro atoms. The number of thioether (sulfide) groups is 1. The van der Waals surface area contributed by atoms with E-state index in [1.54, 1.807) is 0 Å². The van der Waals surface area contributed by atoms with Crippen molar-refractivity contribution in [3.8, 4) is 0 Å². The van der Waals surface area contributed by atoms with Gasteiger partial charge in [0.15, 0.2) is 5.96 Å². The van der Waals surface area contributed by atoms with Crippen LogP contribution in [-0.4, -0.2) is 50.3 Å². The molecule has 1 saturated heterocycles. The number of nitrogens with one attached hydrogen (secondary N) is 2. The molecule has 112 valence electrons. The smallest absolute Gasteiger partial charge is 0.191 e. The SMILES string of the molecule is CN=C(NCCOCCC(C)C)NCC1CCCS1. The van der Waals surface area contributed by atoms with E-state index in [0.717, 1.165) is 43.9 Å². The highest BCUT2D eigenvalue weighted by Gasteiger charge is 2.15. The third-order valence-corrected chi connectivity index (χ3v) is 4.52. The quantitative estimate of drug-likeness (QED) is 0.408. The van der Waals surface area contributed by atoms with Gasteiger partial charge in [0, 0.05) is 32.0 Å². The number of nitrogens with zero attached hydrogens (tertiary/aromatic N) is 1. The summed E-state index contributed by atoms with van der Waals surface area (Å²) in [5.41, 5.74) is 0. The number of hydrogen-bond donors (Lipinski definition) is 2. The lowest BCUT2D eigenvalue weighted by Gasteiger charge is -2.15. The third kappa shape index (κ3) is 8.37. The van der Waals surface area contributed by atoms with Gasteiger partial charge >= 0.3 is 0 Å². The Hall–Kier alpha value is -0.420. The molecule has 1 aliphatic rings. The van der Waals surface area contributed by atoms with Gasteiger partial charge in [0.2, 0.25) is 0 Å². The lowest BCUT2D eigenvalue weighted by atomic mass is 10.1. The van der Waals surface area contributed by atoms with Gasteiger partial charge < -0.3 is 15.4 Å². The van der Waals surface area contributed by atoms with Crippen molar-refractivity contribution in [2.75, 3.05) is 39.1 Å². The van der Waals surface area contributed by atoms with Crippen LogP contribution in [0.25, 0.3) is 0 Å². The maximum absolute atomic E-state index is 5.57. The Labute approximate surface area is 122 Å². The number of aliphatic imine (C=N–C) groups is 1. The fourth-order valence-corrected chi connectivity index (χ4v) is 3.10. The van der Waals surface area contributed by atoms with Crippen molar-refractivity contribution in [2.24, 2.45) is 10.9 Å². The standard InChI is InChI=1S/C14H29N3OS/c1-12(2)6-8-18-9-7-16-14(15-3)17-11-13-5-4-10-19-13/h12-13H,4-11H2,1-3H3,(H2,15,16,17). The summed E-state index contributed by atoms with van der Waals surface area (Å²) in [7, 11) is 1.82. The van der Waals surface area contributed by atoms with Crippen LogP contribution in [0.4, 0.5) is 0 Å². The van der Waals surface area contributed by atoms with E-state index in [9.17, 15) is 0 Å². The van der Waals surface area contributed by atoms with Gasteiger partial charge in [-0.2, -0.15) is 11.8 Å². The Morgan fingerprint density at radius 1 is 1.37 bits per heavy atom. The van der Waals surface area contributed by atoms with Crippen molar-refractivity contribution >= 4 is 17.7 Å². The van der Waals surface area contributed by atoms with E-state index < -0.39 is 0 Å². The molecule has 19 heavy (non-hydrogen) atoms. The molecular formula is C14H29N3OS. The highest BCUT2D eigenvalue weighted by atomic mass is 32.2. The van der Waals surface area contributed by atoms with Crippen molar-refractivity contribution < 1.29 is 4.74 Å². The minimum Gasteiger partial charge on any atom is -0.380 e. The zero-order valence-corrected chi connectivity index (χ0v) is 13.4. The first-order valence-electron chi connectivity index (χ1n) is 7.36. The molecular weight excluding hydrogens is 258 g/mol. The van der Waals surface area contributed by atoms with Crippen molar-refractivity contribution in [2.45, 2.75) is 38.4 Å². The summed E-state index contributed by atoms with van der Waals surface area (Å²) in [6.07, 6.45) is 3.81. The van der Waals surface area contributed by atoms with E-state index >= 15 is 0 Å². The second-order valence-corrected chi connectivity index (χ2v) is 6.72. The van der Waals surface area contributed by atoms with Crippen LogP contribution in [-0.2, 0) is 4.74 Å². The maximum Gasteiger partial charge on any atom is 0.191 e.